The molecule has 0 unspecified atom stereocenters. The van der Waals surface area contributed by atoms with Crippen LogP contribution in [0.15, 0.2) is 140 Å². The predicted octanol–water partition coefficient (Wildman–Crippen LogP) is 6.32. The molecule has 0 radical (unpaired) electrons. The van der Waals surface area contributed by atoms with Crippen LogP contribution in [0.3, 0.4) is 0 Å². The SMILES string of the molecule is O=S1(=O)C2=C(C(c3ccccc3)=C3C2=C(c2ccccc2)C2=C3S(=O)(=O)c3ccccc32)c2ccccc21. The zero-order chi connectivity index (χ0) is 25.8. The van der Waals surface area contributed by atoms with Gasteiger partial charge in [-0.3, -0.25) is 0 Å². The number of hydrogen-bond donors (Lipinski definition) is 0. The lowest BCUT2D eigenvalue weighted by Crippen LogP contribution is -2.08. The second-order valence-electron chi connectivity index (χ2n) is 9.64. The molecule has 0 atom stereocenters. The van der Waals surface area contributed by atoms with E-state index in [-0.39, 0.29) is 19.6 Å². The molecule has 0 aromatic heterocycles. The van der Waals surface area contributed by atoms with Crippen LogP contribution in [-0.2, 0) is 19.7 Å². The molecule has 182 valence electrons. The fourth-order valence-electron chi connectivity index (χ4n) is 6.30. The maximum absolute atomic E-state index is 14.2. The highest BCUT2D eigenvalue weighted by Gasteiger charge is 2.54. The lowest BCUT2D eigenvalue weighted by atomic mass is 9.91. The standard InChI is InChI=1S/C32H18O4S2/c33-37(34)23-17-9-7-15-21(23)27-25(19-11-3-1-4-12-19)29-30(31(27)37)26(20-13-5-2-6-14-20)28-22-16-8-10-18-24(22)38(35,36)32(28)29/h1-18H. The Balaban J connectivity index is 1.62. The van der Waals surface area contributed by atoms with Gasteiger partial charge >= 0.3 is 0 Å². The average molecular weight is 531 g/mol. The van der Waals surface area contributed by atoms with Gasteiger partial charge in [-0.2, -0.15) is 0 Å². The van der Waals surface area contributed by atoms with E-state index in [4.69, 9.17) is 0 Å². The summed E-state index contributed by atoms with van der Waals surface area (Å²) in [5.41, 5.74) is 6.24. The molecule has 2 heterocycles. The summed E-state index contributed by atoms with van der Waals surface area (Å²) in [5, 5.41) is 0. The molecule has 4 aromatic carbocycles. The first-order chi connectivity index (χ1) is 18.4. The Morgan fingerprint density at radius 2 is 0.684 bits per heavy atom. The van der Waals surface area contributed by atoms with Crippen molar-refractivity contribution in [2.24, 2.45) is 0 Å². The summed E-state index contributed by atoms with van der Waals surface area (Å²) in [4.78, 5) is 0.919. The van der Waals surface area contributed by atoms with E-state index >= 15 is 0 Å². The van der Waals surface area contributed by atoms with Crippen molar-refractivity contribution in [1.29, 1.82) is 0 Å². The van der Waals surface area contributed by atoms with E-state index in [0.29, 0.717) is 44.6 Å². The predicted molar refractivity (Wildman–Crippen MR) is 148 cm³/mol. The molecule has 2 aliphatic carbocycles. The summed E-state index contributed by atoms with van der Waals surface area (Å²) in [5.74, 6) is 0. The van der Waals surface area contributed by atoms with Crippen molar-refractivity contribution in [3.05, 3.63) is 152 Å². The van der Waals surface area contributed by atoms with Gasteiger partial charge in [-0.1, -0.05) is 97.1 Å². The van der Waals surface area contributed by atoms with Crippen LogP contribution in [-0.4, -0.2) is 16.8 Å². The van der Waals surface area contributed by atoms with Gasteiger partial charge in [0.25, 0.3) is 0 Å². The van der Waals surface area contributed by atoms with E-state index in [1.54, 1.807) is 24.3 Å². The molecule has 4 nitrogen and oxygen atoms in total. The molecule has 0 saturated heterocycles. The molecule has 0 saturated carbocycles. The van der Waals surface area contributed by atoms with Crippen LogP contribution in [0.4, 0.5) is 0 Å². The fraction of sp³-hybridized carbons (Fsp3) is 0. The summed E-state index contributed by atoms with van der Waals surface area (Å²) < 4.78 is 56.8. The van der Waals surface area contributed by atoms with E-state index in [0.717, 1.165) is 11.1 Å². The van der Waals surface area contributed by atoms with E-state index in [2.05, 4.69) is 0 Å². The second-order valence-corrected chi connectivity index (χ2v) is 13.3. The van der Waals surface area contributed by atoms with Crippen molar-refractivity contribution < 1.29 is 16.8 Å². The topological polar surface area (TPSA) is 68.3 Å². The average Bonchev–Trinajstić information content (AvgIpc) is 3.59. The third-order valence-corrected chi connectivity index (χ3v) is 11.5. The first-order valence-corrected chi connectivity index (χ1v) is 15.2. The van der Waals surface area contributed by atoms with Crippen LogP contribution in [0.2, 0.25) is 0 Å². The summed E-state index contributed by atoms with van der Waals surface area (Å²) in [6, 6.07) is 33.0. The van der Waals surface area contributed by atoms with Crippen molar-refractivity contribution in [1.82, 2.24) is 0 Å². The molecule has 0 bridgehead atoms. The molecular formula is C32H18O4S2. The van der Waals surface area contributed by atoms with Gasteiger partial charge in [0.05, 0.1) is 19.6 Å². The summed E-state index contributed by atoms with van der Waals surface area (Å²) in [7, 11) is -7.81. The van der Waals surface area contributed by atoms with Gasteiger partial charge in [0.15, 0.2) is 0 Å². The minimum atomic E-state index is -3.91. The summed E-state index contributed by atoms with van der Waals surface area (Å²) >= 11 is 0. The molecular weight excluding hydrogens is 512 g/mol. The number of sulfone groups is 2. The van der Waals surface area contributed by atoms with Gasteiger partial charge < -0.3 is 0 Å². The maximum Gasteiger partial charge on any atom is 0.208 e. The third kappa shape index (κ3) is 2.49. The maximum atomic E-state index is 14.2. The van der Waals surface area contributed by atoms with Crippen LogP contribution in [0.1, 0.15) is 22.3 Å². The minimum Gasteiger partial charge on any atom is -0.218 e. The first kappa shape index (κ1) is 21.8. The van der Waals surface area contributed by atoms with Gasteiger partial charge in [-0.25, -0.2) is 16.8 Å². The monoisotopic (exact) mass is 530 g/mol. The number of rotatable bonds is 2. The fourth-order valence-corrected chi connectivity index (χ4v) is 10.1. The van der Waals surface area contributed by atoms with Gasteiger partial charge in [0, 0.05) is 44.6 Å². The smallest absolute Gasteiger partial charge is 0.208 e. The normalized spacial score (nSPS) is 19.5. The van der Waals surface area contributed by atoms with Crippen LogP contribution in [0, 0.1) is 0 Å². The molecule has 0 amide bonds. The summed E-state index contributed by atoms with van der Waals surface area (Å²) in [6.07, 6.45) is 0. The van der Waals surface area contributed by atoms with E-state index < -0.39 is 19.7 Å². The van der Waals surface area contributed by atoms with Crippen LogP contribution in [0.5, 0.6) is 0 Å². The zero-order valence-corrected chi connectivity index (χ0v) is 21.5. The Morgan fingerprint density at radius 3 is 1.08 bits per heavy atom. The lowest BCUT2D eigenvalue weighted by Gasteiger charge is -2.15. The highest BCUT2D eigenvalue weighted by Crippen LogP contribution is 2.66. The second kappa shape index (κ2) is 7.19. The van der Waals surface area contributed by atoms with Gasteiger partial charge in [0.1, 0.15) is 0 Å². The van der Waals surface area contributed by atoms with Crippen molar-refractivity contribution in [2.45, 2.75) is 9.79 Å². The molecule has 0 fully saturated rings. The first-order valence-electron chi connectivity index (χ1n) is 12.2. The molecule has 6 heteroatoms. The molecule has 4 aromatic rings. The number of fused-ring (bicyclic) bond motifs is 7. The Kier molecular flexibility index (Phi) is 4.12. The molecule has 0 N–H and O–H groups in total. The Labute approximate surface area is 220 Å². The lowest BCUT2D eigenvalue weighted by molar-refractivity contribution is 0.601. The Morgan fingerprint density at radius 1 is 0.342 bits per heavy atom. The van der Waals surface area contributed by atoms with Crippen molar-refractivity contribution in [2.75, 3.05) is 0 Å². The number of benzene rings is 4. The van der Waals surface area contributed by atoms with Crippen LogP contribution < -0.4 is 0 Å². The number of hydrogen-bond acceptors (Lipinski definition) is 4. The highest BCUT2D eigenvalue weighted by molar-refractivity contribution is 7.97. The van der Waals surface area contributed by atoms with Gasteiger partial charge in [-0.05, 0) is 23.3 Å². The van der Waals surface area contributed by atoms with Gasteiger partial charge in [-0.15, -0.1) is 0 Å². The van der Waals surface area contributed by atoms with E-state index in [9.17, 15) is 16.8 Å². The highest BCUT2D eigenvalue weighted by atomic mass is 32.2. The van der Waals surface area contributed by atoms with Crippen molar-refractivity contribution >= 4 is 42.0 Å². The van der Waals surface area contributed by atoms with Crippen LogP contribution >= 0.6 is 0 Å². The third-order valence-electron chi connectivity index (χ3n) is 7.71. The molecule has 8 rings (SSSR count). The number of allylic oxidation sites excluding steroid dienone is 6. The van der Waals surface area contributed by atoms with Gasteiger partial charge in [0.2, 0.25) is 19.7 Å². The summed E-state index contributed by atoms with van der Waals surface area (Å²) in [6.45, 7) is 0. The van der Waals surface area contributed by atoms with E-state index in [1.165, 1.54) is 0 Å². The van der Waals surface area contributed by atoms with E-state index in [1.807, 2.05) is 84.9 Å². The zero-order valence-electron chi connectivity index (χ0n) is 19.8. The van der Waals surface area contributed by atoms with Crippen molar-refractivity contribution in [3.8, 4) is 0 Å². The molecule has 0 spiro atoms. The molecule has 38 heavy (non-hydrogen) atoms. The molecule has 4 aliphatic rings. The molecule has 2 aliphatic heterocycles. The van der Waals surface area contributed by atoms with Crippen LogP contribution in [0.25, 0.3) is 22.3 Å². The Bertz CT molecular complexity index is 1960. The quantitative estimate of drug-likeness (QED) is 0.304. The Hall–Kier alpha value is -4.26. The van der Waals surface area contributed by atoms with Crippen molar-refractivity contribution in [3.63, 3.8) is 0 Å². The minimum absolute atomic E-state index is 0.202. The largest absolute Gasteiger partial charge is 0.218 e.